The molecule has 1 aliphatic carbocycles. The first kappa shape index (κ1) is 17.4. The third-order valence-corrected chi connectivity index (χ3v) is 5.60. The first-order chi connectivity index (χ1) is 11.7. The molecular weight excluding hydrogens is 298 g/mol. The van der Waals surface area contributed by atoms with Gasteiger partial charge in [0.1, 0.15) is 0 Å². The smallest absolute Gasteiger partial charge is 0.220 e. The minimum Gasteiger partial charge on any atom is -0.352 e. The lowest BCUT2D eigenvalue weighted by molar-refractivity contribution is -0.122. The van der Waals surface area contributed by atoms with Crippen LogP contribution in [0.1, 0.15) is 56.1 Å². The van der Waals surface area contributed by atoms with Crippen LogP contribution in [0.15, 0.2) is 24.3 Å². The fraction of sp³-hybridized carbons (Fsp3) is 0.650. The Kier molecular flexibility index (Phi) is 6.27. The van der Waals surface area contributed by atoms with E-state index in [1.807, 2.05) is 0 Å². The summed E-state index contributed by atoms with van der Waals surface area (Å²) in [5.74, 6) is 0.513. The molecule has 2 fully saturated rings. The molecule has 1 aliphatic heterocycles. The summed E-state index contributed by atoms with van der Waals surface area (Å²) in [5, 5.41) is 3.11. The van der Waals surface area contributed by atoms with Crippen molar-refractivity contribution in [3.05, 3.63) is 35.4 Å². The third kappa shape index (κ3) is 4.81. The van der Waals surface area contributed by atoms with Crippen molar-refractivity contribution in [2.75, 3.05) is 13.1 Å². The Labute approximate surface area is 145 Å². The second kappa shape index (κ2) is 8.63. The van der Waals surface area contributed by atoms with Crippen LogP contribution in [0.25, 0.3) is 0 Å². The Balaban J connectivity index is 1.51. The molecule has 0 aromatic heterocycles. The van der Waals surface area contributed by atoms with E-state index < -0.39 is 0 Å². The van der Waals surface area contributed by atoms with Crippen molar-refractivity contribution in [3.8, 4) is 0 Å². The molecule has 0 bridgehead atoms. The number of benzene rings is 1. The number of hydrogen-bond acceptors (Lipinski definition) is 3. The lowest BCUT2D eigenvalue weighted by Crippen LogP contribution is -2.32. The molecule has 0 spiro atoms. The quantitative estimate of drug-likeness (QED) is 0.844. The highest BCUT2D eigenvalue weighted by Gasteiger charge is 2.25. The number of piperidine rings is 1. The summed E-state index contributed by atoms with van der Waals surface area (Å²) in [4.78, 5) is 14.8. The Morgan fingerprint density at radius 1 is 1.08 bits per heavy atom. The molecule has 1 saturated heterocycles. The average molecular weight is 329 g/mol. The second-order valence-corrected chi connectivity index (χ2v) is 7.44. The Morgan fingerprint density at radius 2 is 1.83 bits per heavy atom. The van der Waals surface area contributed by atoms with Gasteiger partial charge in [0.2, 0.25) is 5.91 Å². The van der Waals surface area contributed by atoms with E-state index in [1.54, 1.807) is 0 Å². The number of nitrogens with one attached hydrogen (secondary N) is 1. The maximum Gasteiger partial charge on any atom is 0.220 e. The van der Waals surface area contributed by atoms with E-state index in [4.69, 9.17) is 5.73 Å². The van der Waals surface area contributed by atoms with Crippen LogP contribution < -0.4 is 11.1 Å². The topological polar surface area (TPSA) is 58.4 Å². The van der Waals surface area contributed by atoms with E-state index in [0.717, 1.165) is 25.8 Å². The summed E-state index contributed by atoms with van der Waals surface area (Å²) in [6.07, 6.45) is 7.88. The number of carbonyl (C=O) groups excluding carboxylic acids is 1. The first-order valence-electron chi connectivity index (χ1n) is 9.54. The van der Waals surface area contributed by atoms with Gasteiger partial charge < -0.3 is 11.1 Å². The van der Waals surface area contributed by atoms with Crippen molar-refractivity contribution < 1.29 is 4.79 Å². The predicted molar refractivity (Wildman–Crippen MR) is 97.4 cm³/mol. The van der Waals surface area contributed by atoms with E-state index in [1.165, 1.54) is 43.5 Å². The molecule has 4 heteroatoms. The van der Waals surface area contributed by atoms with Crippen molar-refractivity contribution in [1.82, 2.24) is 10.2 Å². The van der Waals surface area contributed by atoms with Crippen LogP contribution in [-0.2, 0) is 17.9 Å². The van der Waals surface area contributed by atoms with Crippen LogP contribution >= 0.6 is 0 Å². The molecule has 1 aromatic rings. The molecular formula is C20H31N3O. The van der Waals surface area contributed by atoms with Crippen molar-refractivity contribution >= 4 is 5.91 Å². The minimum absolute atomic E-state index is 0.144. The van der Waals surface area contributed by atoms with Gasteiger partial charge in [-0.25, -0.2) is 0 Å². The number of nitrogens with zero attached hydrogens (tertiary/aromatic N) is 1. The summed E-state index contributed by atoms with van der Waals surface area (Å²) in [7, 11) is 0. The van der Waals surface area contributed by atoms with Crippen molar-refractivity contribution in [2.24, 2.45) is 11.7 Å². The zero-order valence-electron chi connectivity index (χ0n) is 14.7. The molecule has 3 N–H and O–H groups in total. The SMILES string of the molecule is N[C@@H]1CCC[C@H]1CC(=O)NCc1ccccc1CN1CCCCC1. The summed E-state index contributed by atoms with van der Waals surface area (Å²) in [5.41, 5.74) is 8.66. The summed E-state index contributed by atoms with van der Waals surface area (Å²) in [6.45, 7) is 4.02. The van der Waals surface area contributed by atoms with E-state index in [9.17, 15) is 4.79 Å². The van der Waals surface area contributed by atoms with Gasteiger partial charge in [0.25, 0.3) is 0 Å². The van der Waals surface area contributed by atoms with Crippen LogP contribution in [0.5, 0.6) is 0 Å². The lowest BCUT2D eigenvalue weighted by Gasteiger charge is -2.27. The highest BCUT2D eigenvalue weighted by Crippen LogP contribution is 2.26. The standard InChI is InChI=1S/C20H31N3O/c21-19-10-6-9-16(19)13-20(24)22-14-17-7-2-3-8-18(17)15-23-11-4-1-5-12-23/h2-3,7-8,16,19H,1,4-6,9-15,21H2,(H,22,24)/t16-,19+/m0/s1. The molecule has 2 aliphatic rings. The predicted octanol–water partition coefficient (Wildman–Crippen LogP) is 2.81. The molecule has 1 aromatic carbocycles. The van der Waals surface area contributed by atoms with Crippen LogP contribution in [0.2, 0.25) is 0 Å². The third-order valence-electron chi connectivity index (χ3n) is 5.60. The molecule has 2 atom stereocenters. The van der Waals surface area contributed by atoms with Gasteiger partial charge in [-0.2, -0.15) is 0 Å². The Morgan fingerprint density at radius 3 is 2.54 bits per heavy atom. The largest absolute Gasteiger partial charge is 0.352 e. The average Bonchev–Trinajstić information content (AvgIpc) is 3.00. The van der Waals surface area contributed by atoms with Gasteiger partial charge >= 0.3 is 0 Å². The fourth-order valence-electron chi connectivity index (χ4n) is 4.07. The maximum absolute atomic E-state index is 12.2. The van der Waals surface area contributed by atoms with E-state index in [0.29, 0.717) is 18.9 Å². The number of amides is 1. The fourth-order valence-corrected chi connectivity index (χ4v) is 4.07. The monoisotopic (exact) mass is 329 g/mol. The van der Waals surface area contributed by atoms with Crippen LogP contribution in [0, 0.1) is 5.92 Å². The van der Waals surface area contributed by atoms with E-state index in [2.05, 4.69) is 34.5 Å². The molecule has 132 valence electrons. The van der Waals surface area contributed by atoms with Gasteiger partial charge in [0.15, 0.2) is 0 Å². The first-order valence-corrected chi connectivity index (χ1v) is 9.54. The van der Waals surface area contributed by atoms with E-state index in [-0.39, 0.29) is 11.9 Å². The van der Waals surface area contributed by atoms with Crippen LogP contribution in [-0.4, -0.2) is 29.9 Å². The van der Waals surface area contributed by atoms with Crippen molar-refractivity contribution in [1.29, 1.82) is 0 Å². The van der Waals surface area contributed by atoms with Gasteiger partial charge in [-0.1, -0.05) is 37.1 Å². The molecule has 1 amide bonds. The van der Waals surface area contributed by atoms with Gasteiger partial charge in [-0.15, -0.1) is 0 Å². The number of nitrogens with two attached hydrogens (primary N) is 1. The summed E-state index contributed by atoms with van der Waals surface area (Å²) >= 11 is 0. The van der Waals surface area contributed by atoms with Crippen LogP contribution in [0.4, 0.5) is 0 Å². The number of hydrogen-bond donors (Lipinski definition) is 2. The Hall–Kier alpha value is -1.39. The number of rotatable bonds is 6. The minimum atomic E-state index is 0.144. The van der Waals surface area contributed by atoms with Crippen molar-refractivity contribution in [3.63, 3.8) is 0 Å². The Bertz CT molecular complexity index is 539. The molecule has 4 nitrogen and oxygen atoms in total. The summed E-state index contributed by atoms with van der Waals surface area (Å²) in [6, 6.07) is 8.71. The molecule has 3 rings (SSSR count). The lowest BCUT2D eigenvalue weighted by atomic mass is 9.99. The highest BCUT2D eigenvalue weighted by atomic mass is 16.1. The second-order valence-electron chi connectivity index (χ2n) is 7.44. The van der Waals surface area contributed by atoms with Gasteiger partial charge in [0.05, 0.1) is 0 Å². The zero-order chi connectivity index (χ0) is 16.8. The molecule has 24 heavy (non-hydrogen) atoms. The molecule has 1 heterocycles. The van der Waals surface area contributed by atoms with Crippen molar-refractivity contribution in [2.45, 2.75) is 64.1 Å². The molecule has 0 unspecified atom stereocenters. The number of carbonyl (C=O) groups is 1. The van der Waals surface area contributed by atoms with Gasteiger partial charge in [0, 0.05) is 25.6 Å². The molecule has 1 saturated carbocycles. The van der Waals surface area contributed by atoms with E-state index >= 15 is 0 Å². The normalized spacial score (nSPS) is 24.9. The van der Waals surface area contributed by atoms with Gasteiger partial charge in [-0.3, -0.25) is 9.69 Å². The van der Waals surface area contributed by atoms with Crippen LogP contribution in [0.3, 0.4) is 0 Å². The molecule has 0 radical (unpaired) electrons. The maximum atomic E-state index is 12.2. The summed E-state index contributed by atoms with van der Waals surface area (Å²) < 4.78 is 0. The van der Waals surface area contributed by atoms with Gasteiger partial charge in [-0.05, 0) is 55.8 Å². The number of likely N-dealkylation sites (tertiary alicyclic amines) is 1. The zero-order valence-corrected chi connectivity index (χ0v) is 14.7. The highest BCUT2D eigenvalue weighted by molar-refractivity contribution is 5.76.